The highest BCUT2D eigenvalue weighted by Gasteiger charge is 2.09. The van der Waals surface area contributed by atoms with Crippen molar-refractivity contribution in [3.8, 4) is 0 Å². The molecule has 5 nitrogen and oxygen atoms in total. The Morgan fingerprint density at radius 3 is 2.46 bits per heavy atom. The van der Waals surface area contributed by atoms with E-state index in [1.165, 1.54) is 0 Å². The van der Waals surface area contributed by atoms with Crippen LogP contribution in [-0.2, 0) is 4.79 Å². The first-order valence-corrected chi connectivity index (χ1v) is 8.01. The summed E-state index contributed by atoms with van der Waals surface area (Å²) >= 11 is 0. The van der Waals surface area contributed by atoms with E-state index in [1.54, 1.807) is 18.2 Å². The van der Waals surface area contributed by atoms with E-state index in [-0.39, 0.29) is 11.8 Å². The minimum Gasteiger partial charge on any atom is -0.326 e. The van der Waals surface area contributed by atoms with Crippen molar-refractivity contribution < 1.29 is 9.59 Å². The molecule has 0 aliphatic heterocycles. The number of nitrogens with one attached hydrogen (secondary N) is 3. The van der Waals surface area contributed by atoms with Crippen LogP contribution in [-0.4, -0.2) is 25.4 Å². The monoisotopic (exact) mass is 325 g/mol. The van der Waals surface area contributed by atoms with Gasteiger partial charge in [-0.1, -0.05) is 24.3 Å². The largest absolute Gasteiger partial charge is 0.326 e. The van der Waals surface area contributed by atoms with Gasteiger partial charge in [0.05, 0.1) is 0 Å². The summed E-state index contributed by atoms with van der Waals surface area (Å²) in [6.45, 7) is 2.73. The Bertz CT molecular complexity index is 699. The Morgan fingerprint density at radius 1 is 1.00 bits per heavy atom. The molecule has 2 amide bonds. The van der Waals surface area contributed by atoms with Gasteiger partial charge in [0, 0.05) is 23.4 Å². The number of benzene rings is 2. The molecule has 2 rings (SSSR count). The van der Waals surface area contributed by atoms with Crippen LogP contribution in [0.4, 0.5) is 11.4 Å². The molecule has 0 saturated carbocycles. The molecule has 0 aliphatic carbocycles. The lowest BCUT2D eigenvalue weighted by Crippen LogP contribution is -2.16. The Balaban J connectivity index is 2.02. The standard InChI is InChI=1S/C19H23N3O2/c1-14-10-11-16(21-19(24)15-7-4-3-5-8-15)13-17(14)22-18(23)9-6-12-20-2/h3-5,7-8,10-11,13,20H,6,9,12H2,1-2H3,(H,21,24)(H,22,23). The molecule has 5 heteroatoms. The van der Waals surface area contributed by atoms with E-state index in [2.05, 4.69) is 16.0 Å². The number of rotatable bonds is 7. The SMILES string of the molecule is CNCCCC(=O)Nc1cc(NC(=O)c2ccccc2)ccc1C. The Labute approximate surface area is 142 Å². The highest BCUT2D eigenvalue weighted by atomic mass is 16.2. The van der Waals surface area contributed by atoms with Gasteiger partial charge in [-0.2, -0.15) is 0 Å². The second kappa shape index (κ2) is 8.84. The number of carbonyl (C=O) groups excluding carboxylic acids is 2. The van der Waals surface area contributed by atoms with Gasteiger partial charge in [0.2, 0.25) is 5.91 Å². The topological polar surface area (TPSA) is 70.2 Å². The molecule has 0 saturated heterocycles. The van der Waals surface area contributed by atoms with Gasteiger partial charge in [-0.05, 0) is 56.8 Å². The first-order valence-electron chi connectivity index (χ1n) is 8.01. The molecule has 126 valence electrons. The van der Waals surface area contributed by atoms with Gasteiger partial charge < -0.3 is 16.0 Å². The summed E-state index contributed by atoms with van der Waals surface area (Å²) in [4.78, 5) is 24.2. The maximum absolute atomic E-state index is 12.2. The molecule has 0 heterocycles. The molecular formula is C19H23N3O2. The van der Waals surface area contributed by atoms with Crippen molar-refractivity contribution >= 4 is 23.2 Å². The molecule has 24 heavy (non-hydrogen) atoms. The van der Waals surface area contributed by atoms with Crippen molar-refractivity contribution in [3.63, 3.8) is 0 Å². The average molecular weight is 325 g/mol. The van der Waals surface area contributed by atoms with Crippen LogP contribution in [0, 0.1) is 6.92 Å². The van der Waals surface area contributed by atoms with Crippen LogP contribution in [0.2, 0.25) is 0 Å². The summed E-state index contributed by atoms with van der Waals surface area (Å²) in [5.74, 6) is -0.203. The second-order valence-electron chi connectivity index (χ2n) is 5.61. The zero-order valence-corrected chi connectivity index (χ0v) is 14.1. The molecule has 0 spiro atoms. The molecule has 0 unspecified atom stereocenters. The van der Waals surface area contributed by atoms with Crippen LogP contribution in [0.5, 0.6) is 0 Å². The van der Waals surface area contributed by atoms with Gasteiger partial charge in [-0.3, -0.25) is 9.59 Å². The van der Waals surface area contributed by atoms with Crippen molar-refractivity contribution in [3.05, 3.63) is 59.7 Å². The second-order valence-corrected chi connectivity index (χ2v) is 5.61. The van der Waals surface area contributed by atoms with E-state index < -0.39 is 0 Å². The van der Waals surface area contributed by atoms with Gasteiger partial charge in [0.1, 0.15) is 0 Å². The highest BCUT2D eigenvalue weighted by Crippen LogP contribution is 2.21. The van der Waals surface area contributed by atoms with Crippen LogP contribution in [0.15, 0.2) is 48.5 Å². The predicted octanol–water partition coefficient (Wildman–Crippen LogP) is 3.19. The fraction of sp³-hybridized carbons (Fsp3) is 0.263. The number of carbonyl (C=O) groups is 2. The molecular weight excluding hydrogens is 302 g/mol. The average Bonchev–Trinajstić information content (AvgIpc) is 2.59. The van der Waals surface area contributed by atoms with Gasteiger partial charge in [0.15, 0.2) is 0 Å². The first-order chi connectivity index (χ1) is 11.6. The zero-order valence-electron chi connectivity index (χ0n) is 14.1. The summed E-state index contributed by atoms with van der Waals surface area (Å²) in [6.07, 6.45) is 1.24. The highest BCUT2D eigenvalue weighted by molar-refractivity contribution is 6.04. The molecule has 2 aromatic rings. The Kier molecular flexibility index (Phi) is 6.51. The minimum atomic E-state index is -0.175. The third-order valence-corrected chi connectivity index (χ3v) is 3.64. The molecule has 0 aliphatic rings. The fourth-order valence-electron chi connectivity index (χ4n) is 2.27. The van der Waals surface area contributed by atoms with Crippen molar-refractivity contribution in [2.24, 2.45) is 0 Å². The van der Waals surface area contributed by atoms with E-state index in [4.69, 9.17) is 0 Å². The number of hydrogen-bond acceptors (Lipinski definition) is 3. The smallest absolute Gasteiger partial charge is 0.255 e. The van der Waals surface area contributed by atoms with Crippen LogP contribution < -0.4 is 16.0 Å². The number of anilines is 2. The van der Waals surface area contributed by atoms with Gasteiger partial charge in [0.25, 0.3) is 5.91 Å². The van der Waals surface area contributed by atoms with Crippen molar-refractivity contribution in [2.75, 3.05) is 24.2 Å². The summed E-state index contributed by atoms with van der Waals surface area (Å²) in [7, 11) is 1.86. The summed E-state index contributed by atoms with van der Waals surface area (Å²) in [6, 6.07) is 14.5. The number of hydrogen-bond donors (Lipinski definition) is 3. The third-order valence-electron chi connectivity index (χ3n) is 3.64. The molecule has 3 N–H and O–H groups in total. The van der Waals surface area contributed by atoms with E-state index in [9.17, 15) is 9.59 Å². The van der Waals surface area contributed by atoms with Crippen molar-refractivity contribution in [1.82, 2.24) is 5.32 Å². The lowest BCUT2D eigenvalue weighted by molar-refractivity contribution is -0.116. The Morgan fingerprint density at radius 2 is 1.75 bits per heavy atom. The van der Waals surface area contributed by atoms with Crippen molar-refractivity contribution in [1.29, 1.82) is 0 Å². The molecule has 0 aromatic heterocycles. The van der Waals surface area contributed by atoms with E-state index in [0.29, 0.717) is 17.7 Å². The van der Waals surface area contributed by atoms with E-state index in [1.807, 2.05) is 44.3 Å². The quantitative estimate of drug-likeness (QED) is 0.685. The fourth-order valence-corrected chi connectivity index (χ4v) is 2.27. The van der Waals surface area contributed by atoms with Crippen LogP contribution in [0.3, 0.4) is 0 Å². The molecule has 0 fully saturated rings. The lowest BCUT2D eigenvalue weighted by Gasteiger charge is -2.12. The van der Waals surface area contributed by atoms with Crippen LogP contribution in [0.25, 0.3) is 0 Å². The zero-order chi connectivity index (χ0) is 17.4. The van der Waals surface area contributed by atoms with E-state index in [0.717, 1.165) is 24.2 Å². The lowest BCUT2D eigenvalue weighted by atomic mass is 10.1. The molecule has 0 atom stereocenters. The molecule has 2 aromatic carbocycles. The summed E-state index contributed by atoms with van der Waals surface area (Å²) in [5, 5.41) is 8.77. The van der Waals surface area contributed by atoms with Gasteiger partial charge in [-0.15, -0.1) is 0 Å². The number of amides is 2. The van der Waals surface area contributed by atoms with Crippen molar-refractivity contribution in [2.45, 2.75) is 19.8 Å². The predicted molar refractivity (Wildman–Crippen MR) is 97.4 cm³/mol. The normalized spacial score (nSPS) is 10.2. The maximum atomic E-state index is 12.2. The van der Waals surface area contributed by atoms with Gasteiger partial charge in [-0.25, -0.2) is 0 Å². The summed E-state index contributed by atoms with van der Waals surface area (Å²) in [5.41, 5.74) is 2.92. The molecule has 0 bridgehead atoms. The Hall–Kier alpha value is -2.66. The van der Waals surface area contributed by atoms with Crippen LogP contribution >= 0.6 is 0 Å². The minimum absolute atomic E-state index is 0.0279. The maximum Gasteiger partial charge on any atom is 0.255 e. The molecule has 0 radical (unpaired) electrons. The third kappa shape index (κ3) is 5.21. The summed E-state index contributed by atoms with van der Waals surface area (Å²) < 4.78 is 0. The van der Waals surface area contributed by atoms with Crippen LogP contribution in [0.1, 0.15) is 28.8 Å². The van der Waals surface area contributed by atoms with Gasteiger partial charge >= 0.3 is 0 Å². The first kappa shape index (κ1) is 17.7. The number of aryl methyl sites for hydroxylation is 1. The van der Waals surface area contributed by atoms with E-state index >= 15 is 0 Å².